The third-order valence-corrected chi connectivity index (χ3v) is 3.48. The molecular weight excluding hydrogens is 262 g/mol. The van der Waals surface area contributed by atoms with Gasteiger partial charge in [0.25, 0.3) is 5.91 Å². The lowest BCUT2D eigenvalue weighted by atomic mass is 10.2. The predicted molar refractivity (Wildman–Crippen MR) is 75.4 cm³/mol. The summed E-state index contributed by atoms with van der Waals surface area (Å²) in [6.45, 7) is 2.40. The van der Waals surface area contributed by atoms with E-state index in [1.165, 1.54) is 7.11 Å². The van der Waals surface area contributed by atoms with E-state index in [1.807, 2.05) is 6.92 Å². The number of hydrogen-bond acceptors (Lipinski definition) is 5. The van der Waals surface area contributed by atoms with Gasteiger partial charge in [0.1, 0.15) is 10.8 Å². The molecule has 0 saturated heterocycles. The maximum Gasteiger partial charge on any atom is 0.251 e. The van der Waals surface area contributed by atoms with Crippen LogP contribution in [-0.2, 0) is 6.54 Å². The van der Waals surface area contributed by atoms with Crippen LogP contribution in [0.3, 0.4) is 0 Å². The summed E-state index contributed by atoms with van der Waals surface area (Å²) >= 11 is 1.56. The molecule has 0 aliphatic carbocycles. The summed E-state index contributed by atoms with van der Waals surface area (Å²) in [7, 11) is 1.52. The molecule has 0 fully saturated rings. The number of hydrogen-bond donors (Lipinski definition) is 2. The van der Waals surface area contributed by atoms with Gasteiger partial charge in [-0.25, -0.2) is 4.98 Å². The first-order valence-corrected chi connectivity index (χ1v) is 6.55. The molecular formula is C13H15N3O2S. The highest BCUT2D eigenvalue weighted by molar-refractivity contribution is 7.11. The number of aromatic nitrogens is 1. The molecule has 0 bridgehead atoms. The smallest absolute Gasteiger partial charge is 0.251 e. The quantitative estimate of drug-likeness (QED) is 0.838. The third-order valence-electron chi connectivity index (χ3n) is 2.56. The summed E-state index contributed by atoms with van der Waals surface area (Å²) in [5.74, 6) is 0.323. The predicted octanol–water partition coefficient (Wildman–Crippen LogP) is 1.97. The summed E-state index contributed by atoms with van der Waals surface area (Å²) in [5, 5.41) is 3.69. The van der Waals surface area contributed by atoms with Crippen LogP contribution in [0.25, 0.3) is 0 Å². The minimum atomic E-state index is -0.175. The molecule has 0 unspecified atom stereocenters. The van der Waals surface area contributed by atoms with Crippen molar-refractivity contribution in [3.8, 4) is 5.75 Å². The topological polar surface area (TPSA) is 77.2 Å². The van der Waals surface area contributed by atoms with Gasteiger partial charge >= 0.3 is 0 Å². The van der Waals surface area contributed by atoms with E-state index in [2.05, 4.69) is 10.3 Å². The number of carbonyl (C=O) groups is 1. The zero-order valence-electron chi connectivity index (χ0n) is 10.8. The van der Waals surface area contributed by atoms with Crippen molar-refractivity contribution < 1.29 is 9.53 Å². The molecule has 1 aromatic carbocycles. The second kappa shape index (κ2) is 5.71. The van der Waals surface area contributed by atoms with Crippen LogP contribution in [0.1, 0.15) is 20.2 Å². The number of aryl methyl sites for hydroxylation is 1. The monoisotopic (exact) mass is 277 g/mol. The van der Waals surface area contributed by atoms with E-state index < -0.39 is 0 Å². The number of methoxy groups -OCH3 is 1. The van der Waals surface area contributed by atoms with Crippen LogP contribution in [0.4, 0.5) is 5.69 Å². The normalized spacial score (nSPS) is 10.2. The number of nitrogens with one attached hydrogen (secondary N) is 1. The van der Waals surface area contributed by atoms with Gasteiger partial charge in [-0.3, -0.25) is 4.79 Å². The molecule has 1 heterocycles. The number of nitrogens with zero attached hydrogens (tertiary/aromatic N) is 1. The van der Waals surface area contributed by atoms with Crippen molar-refractivity contribution >= 4 is 22.9 Å². The average molecular weight is 277 g/mol. The van der Waals surface area contributed by atoms with Gasteiger partial charge < -0.3 is 15.8 Å². The Balaban J connectivity index is 2.03. The minimum Gasteiger partial charge on any atom is -0.495 e. The Bertz CT molecular complexity index is 595. The fraction of sp³-hybridized carbons (Fsp3) is 0.231. The summed E-state index contributed by atoms with van der Waals surface area (Å²) in [4.78, 5) is 17.3. The van der Waals surface area contributed by atoms with E-state index in [-0.39, 0.29) is 5.91 Å². The Hall–Kier alpha value is -2.08. The van der Waals surface area contributed by atoms with E-state index in [9.17, 15) is 4.79 Å². The second-order valence-electron chi connectivity index (χ2n) is 4.00. The highest BCUT2D eigenvalue weighted by atomic mass is 32.1. The molecule has 0 saturated carbocycles. The van der Waals surface area contributed by atoms with Crippen LogP contribution >= 0.6 is 11.3 Å². The Labute approximate surface area is 115 Å². The van der Waals surface area contributed by atoms with E-state index in [4.69, 9.17) is 10.5 Å². The number of ether oxygens (including phenoxy) is 1. The minimum absolute atomic E-state index is 0.175. The lowest BCUT2D eigenvalue weighted by molar-refractivity contribution is 0.0950. The van der Waals surface area contributed by atoms with Crippen molar-refractivity contribution in [2.75, 3.05) is 12.8 Å². The number of nitrogen functional groups attached to an aromatic ring is 1. The van der Waals surface area contributed by atoms with Crippen LogP contribution < -0.4 is 15.8 Å². The largest absolute Gasteiger partial charge is 0.495 e. The van der Waals surface area contributed by atoms with Crippen LogP contribution in [-0.4, -0.2) is 18.0 Å². The van der Waals surface area contributed by atoms with Crippen LogP contribution in [0.5, 0.6) is 5.75 Å². The third kappa shape index (κ3) is 3.23. The molecule has 2 rings (SSSR count). The molecule has 3 N–H and O–H groups in total. The Morgan fingerprint density at radius 3 is 2.95 bits per heavy atom. The van der Waals surface area contributed by atoms with E-state index >= 15 is 0 Å². The molecule has 0 atom stereocenters. The molecule has 0 radical (unpaired) electrons. The van der Waals surface area contributed by atoms with Gasteiger partial charge in [-0.2, -0.15) is 0 Å². The van der Waals surface area contributed by atoms with Crippen molar-refractivity contribution in [1.29, 1.82) is 0 Å². The van der Waals surface area contributed by atoms with E-state index in [0.29, 0.717) is 23.5 Å². The molecule has 1 aromatic heterocycles. The first-order chi connectivity index (χ1) is 9.10. The van der Waals surface area contributed by atoms with Crippen molar-refractivity contribution in [3.63, 3.8) is 0 Å². The number of nitrogens with two attached hydrogens (primary N) is 1. The number of anilines is 1. The first-order valence-electron chi connectivity index (χ1n) is 5.73. The molecule has 19 heavy (non-hydrogen) atoms. The lowest BCUT2D eigenvalue weighted by Crippen LogP contribution is -2.22. The van der Waals surface area contributed by atoms with Crippen molar-refractivity contribution in [2.24, 2.45) is 0 Å². The van der Waals surface area contributed by atoms with Crippen LogP contribution in [0.2, 0.25) is 0 Å². The molecule has 6 heteroatoms. The number of amides is 1. The van der Waals surface area contributed by atoms with Crippen molar-refractivity contribution in [2.45, 2.75) is 13.5 Å². The van der Waals surface area contributed by atoms with Gasteiger partial charge in [0, 0.05) is 16.6 Å². The molecule has 1 amide bonds. The fourth-order valence-electron chi connectivity index (χ4n) is 1.59. The maximum atomic E-state index is 12.0. The van der Waals surface area contributed by atoms with Gasteiger partial charge in [-0.1, -0.05) is 0 Å². The lowest BCUT2D eigenvalue weighted by Gasteiger charge is -2.07. The molecule has 5 nitrogen and oxygen atoms in total. The Morgan fingerprint density at radius 2 is 2.32 bits per heavy atom. The summed E-state index contributed by atoms with van der Waals surface area (Å²) in [5.41, 5.74) is 6.72. The molecule has 0 spiro atoms. The van der Waals surface area contributed by atoms with Gasteiger partial charge in [0.05, 0.1) is 19.3 Å². The number of carbonyl (C=O) groups excluding carboxylic acids is 1. The van der Waals surface area contributed by atoms with Gasteiger partial charge in [0.15, 0.2) is 0 Å². The standard InChI is InChI=1S/C13H15N3O2S/c1-8-6-15-12(19-8)7-16-13(17)9-3-4-10(14)11(5-9)18-2/h3-6H,7,14H2,1-2H3,(H,16,17). The second-order valence-corrected chi connectivity index (χ2v) is 5.32. The van der Waals surface area contributed by atoms with E-state index in [1.54, 1.807) is 35.7 Å². The van der Waals surface area contributed by atoms with E-state index in [0.717, 1.165) is 9.88 Å². The SMILES string of the molecule is COc1cc(C(=O)NCc2ncc(C)s2)ccc1N. The summed E-state index contributed by atoms with van der Waals surface area (Å²) < 4.78 is 5.09. The fourth-order valence-corrected chi connectivity index (χ4v) is 2.32. The Morgan fingerprint density at radius 1 is 1.53 bits per heavy atom. The summed E-state index contributed by atoms with van der Waals surface area (Å²) in [6.07, 6.45) is 1.79. The van der Waals surface area contributed by atoms with Crippen LogP contribution in [0, 0.1) is 6.92 Å². The van der Waals surface area contributed by atoms with Crippen LogP contribution in [0.15, 0.2) is 24.4 Å². The summed E-state index contributed by atoms with van der Waals surface area (Å²) in [6, 6.07) is 4.94. The molecule has 2 aromatic rings. The molecule has 0 aliphatic heterocycles. The van der Waals surface area contributed by atoms with Crippen molar-refractivity contribution in [3.05, 3.63) is 39.8 Å². The van der Waals surface area contributed by atoms with Crippen molar-refractivity contribution in [1.82, 2.24) is 10.3 Å². The zero-order valence-corrected chi connectivity index (χ0v) is 11.6. The number of rotatable bonds is 4. The maximum absolute atomic E-state index is 12.0. The van der Waals surface area contributed by atoms with Gasteiger partial charge in [-0.15, -0.1) is 11.3 Å². The average Bonchev–Trinajstić information content (AvgIpc) is 2.82. The molecule has 100 valence electrons. The zero-order chi connectivity index (χ0) is 13.8. The molecule has 0 aliphatic rings. The number of benzene rings is 1. The highest BCUT2D eigenvalue weighted by Crippen LogP contribution is 2.22. The first kappa shape index (κ1) is 13.4. The van der Waals surface area contributed by atoms with Gasteiger partial charge in [-0.05, 0) is 25.1 Å². The highest BCUT2D eigenvalue weighted by Gasteiger charge is 2.09. The van der Waals surface area contributed by atoms with Gasteiger partial charge in [0.2, 0.25) is 0 Å². The Kier molecular flexibility index (Phi) is 4.01. The number of thiazole rings is 1.